The molecule has 1 heterocycles. The number of hydrogen-bond acceptors (Lipinski definition) is 4. The number of halogens is 3. The van der Waals surface area contributed by atoms with Crippen molar-refractivity contribution in [2.75, 3.05) is 0 Å². The van der Waals surface area contributed by atoms with E-state index in [1.54, 1.807) is 12.1 Å². The molecule has 0 radical (unpaired) electrons. The van der Waals surface area contributed by atoms with Crippen molar-refractivity contribution in [2.24, 2.45) is 17.8 Å². The zero-order chi connectivity index (χ0) is 12.5. The van der Waals surface area contributed by atoms with Crippen LogP contribution in [-0.2, 0) is 9.59 Å². The van der Waals surface area contributed by atoms with Crippen molar-refractivity contribution >= 4 is 46.6 Å². The molecule has 1 N–H and O–H groups in total. The first-order chi connectivity index (χ1) is 7.32. The van der Waals surface area contributed by atoms with Crippen LogP contribution in [0.25, 0.3) is 0 Å². The number of rotatable bonds is 0. The third-order valence-electron chi connectivity index (χ3n) is 2.19. The van der Waals surface area contributed by atoms with Gasteiger partial charge in [0, 0.05) is 0 Å². The molecule has 1 saturated heterocycles. The molecular weight excluding hydrogens is 276 g/mol. The molecule has 16 heavy (non-hydrogen) atoms. The van der Waals surface area contributed by atoms with Gasteiger partial charge in [-0.15, -0.1) is 0 Å². The van der Waals surface area contributed by atoms with Gasteiger partial charge in [-0.1, -0.05) is 34.8 Å². The molecule has 0 saturated carbocycles. The highest BCUT2D eigenvalue weighted by Gasteiger charge is 2.53. The van der Waals surface area contributed by atoms with Crippen LogP contribution in [0.15, 0.2) is 0 Å². The normalized spacial score (nSPS) is 30.2. The molecule has 8 heteroatoms. The largest absolute Gasteiger partial charge is 0.294 e. The predicted molar refractivity (Wildman–Crippen MR) is 55.1 cm³/mol. The molecule has 2 amide bonds. The fourth-order valence-corrected chi connectivity index (χ4v) is 2.21. The number of nitrogens with one attached hydrogen (secondary N) is 1. The Morgan fingerprint density at radius 1 is 1.06 bits per heavy atom. The van der Waals surface area contributed by atoms with Crippen LogP contribution in [0.1, 0.15) is 0 Å². The second kappa shape index (κ2) is 4.47. The first kappa shape index (κ1) is 13.1. The van der Waals surface area contributed by atoms with Gasteiger partial charge in [-0.25, -0.2) is 0 Å². The maximum absolute atomic E-state index is 11.3. The van der Waals surface area contributed by atoms with E-state index in [-0.39, 0.29) is 0 Å². The van der Waals surface area contributed by atoms with Crippen LogP contribution in [-0.4, -0.2) is 15.6 Å². The molecule has 0 aromatic rings. The Morgan fingerprint density at radius 3 is 1.69 bits per heavy atom. The van der Waals surface area contributed by atoms with E-state index in [2.05, 4.69) is 0 Å². The fraction of sp³-hybridized carbons (Fsp3) is 0.500. The number of carbonyl (C=O) groups excluding carboxylic acids is 2. The summed E-state index contributed by atoms with van der Waals surface area (Å²) in [7, 11) is 0. The molecule has 0 aromatic carbocycles. The predicted octanol–water partition coefficient (Wildman–Crippen LogP) is 0.909. The summed E-state index contributed by atoms with van der Waals surface area (Å²) in [6.07, 6.45) is 0. The number of nitrogens with zero attached hydrogens (tertiary/aromatic N) is 2. The van der Waals surface area contributed by atoms with E-state index in [0.717, 1.165) is 0 Å². The standard InChI is InChI=1S/C8H4Cl3N3O2/c9-8(10,11)5-3(1-12)6(15)14-7(16)4(5)2-13/h3-5H,(H,14,15,16). The number of hydrogen-bond donors (Lipinski definition) is 1. The number of carbonyl (C=O) groups is 2. The molecular formula is C8H4Cl3N3O2. The minimum atomic E-state index is -2.03. The van der Waals surface area contributed by atoms with Crippen molar-refractivity contribution in [3.8, 4) is 12.1 Å². The summed E-state index contributed by atoms with van der Waals surface area (Å²) < 4.78 is -2.03. The lowest BCUT2D eigenvalue weighted by molar-refractivity contribution is -0.139. The molecule has 0 aromatic heterocycles. The molecule has 5 nitrogen and oxygen atoms in total. The smallest absolute Gasteiger partial charge is 0.244 e. The first-order valence-corrected chi connectivity index (χ1v) is 5.17. The average molecular weight is 280 g/mol. The van der Waals surface area contributed by atoms with Gasteiger partial charge in [0.05, 0.1) is 18.1 Å². The molecule has 2 atom stereocenters. The Kier molecular flexibility index (Phi) is 3.64. The van der Waals surface area contributed by atoms with Crippen LogP contribution in [0.3, 0.4) is 0 Å². The first-order valence-electron chi connectivity index (χ1n) is 4.03. The van der Waals surface area contributed by atoms with Gasteiger partial charge in [0.15, 0.2) is 3.79 Å². The van der Waals surface area contributed by atoms with Crippen LogP contribution in [0, 0.1) is 40.4 Å². The monoisotopic (exact) mass is 279 g/mol. The zero-order valence-electron chi connectivity index (χ0n) is 7.58. The SMILES string of the molecule is N#CC1C(=O)NC(=O)C(C#N)C1C(Cl)(Cl)Cl. The van der Waals surface area contributed by atoms with Gasteiger partial charge in [0.1, 0.15) is 11.8 Å². The minimum absolute atomic E-state index is 0.852. The zero-order valence-corrected chi connectivity index (χ0v) is 9.84. The maximum Gasteiger partial charge on any atom is 0.244 e. The highest BCUT2D eigenvalue weighted by molar-refractivity contribution is 6.68. The molecule has 1 aliphatic heterocycles. The number of piperidine rings is 1. The lowest BCUT2D eigenvalue weighted by atomic mass is 9.79. The third-order valence-corrected chi connectivity index (χ3v) is 2.94. The van der Waals surface area contributed by atoms with Crippen LogP contribution in [0.5, 0.6) is 0 Å². The number of amides is 2. The third kappa shape index (κ3) is 2.22. The van der Waals surface area contributed by atoms with Gasteiger partial charge in [-0.3, -0.25) is 14.9 Å². The van der Waals surface area contributed by atoms with Gasteiger partial charge in [-0.2, -0.15) is 10.5 Å². The highest BCUT2D eigenvalue weighted by atomic mass is 35.6. The Morgan fingerprint density at radius 2 is 1.44 bits per heavy atom. The fourth-order valence-electron chi connectivity index (χ4n) is 1.45. The molecule has 1 aliphatic rings. The topological polar surface area (TPSA) is 93.8 Å². The molecule has 1 fully saturated rings. The summed E-state index contributed by atoms with van der Waals surface area (Å²) in [6.45, 7) is 0. The lowest BCUT2D eigenvalue weighted by Crippen LogP contribution is -2.54. The quantitative estimate of drug-likeness (QED) is 0.527. The van der Waals surface area contributed by atoms with Crippen molar-refractivity contribution in [3.63, 3.8) is 0 Å². The van der Waals surface area contributed by atoms with Gasteiger partial charge < -0.3 is 0 Å². The Hall–Kier alpha value is -1.01. The minimum Gasteiger partial charge on any atom is -0.294 e. The van der Waals surface area contributed by atoms with Gasteiger partial charge in [0.25, 0.3) is 0 Å². The van der Waals surface area contributed by atoms with Crippen LogP contribution < -0.4 is 5.32 Å². The summed E-state index contributed by atoms with van der Waals surface area (Å²) >= 11 is 16.8. The van der Waals surface area contributed by atoms with Gasteiger partial charge >= 0.3 is 0 Å². The molecule has 2 unspecified atom stereocenters. The Bertz CT molecular complexity index is 386. The van der Waals surface area contributed by atoms with E-state index in [1.807, 2.05) is 5.32 Å². The second-order valence-corrected chi connectivity index (χ2v) is 5.50. The molecule has 1 rings (SSSR count). The Labute approximate surface area is 106 Å². The molecule has 0 bridgehead atoms. The number of nitriles is 2. The number of imide groups is 1. The summed E-state index contributed by atoms with van der Waals surface area (Å²) in [4.78, 5) is 22.6. The highest BCUT2D eigenvalue weighted by Crippen LogP contribution is 2.45. The van der Waals surface area contributed by atoms with Gasteiger partial charge in [0.2, 0.25) is 11.8 Å². The van der Waals surface area contributed by atoms with E-state index >= 15 is 0 Å². The van der Waals surface area contributed by atoms with E-state index in [0.29, 0.717) is 0 Å². The van der Waals surface area contributed by atoms with Crippen LogP contribution >= 0.6 is 34.8 Å². The maximum atomic E-state index is 11.3. The van der Waals surface area contributed by atoms with E-state index in [4.69, 9.17) is 45.3 Å². The van der Waals surface area contributed by atoms with E-state index in [9.17, 15) is 9.59 Å². The number of alkyl halides is 3. The average Bonchev–Trinajstić information content (AvgIpc) is 2.15. The van der Waals surface area contributed by atoms with Gasteiger partial charge in [-0.05, 0) is 0 Å². The van der Waals surface area contributed by atoms with E-state index in [1.165, 1.54) is 0 Å². The molecule has 84 valence electrons. The van der Waals surface area contributed by atoms with Crippen molar-refractivity contribution in [1.29, 1.82) is 10.5 Å². The summed E-state index contributed by atoms with van der Waals surface area (Å²) in [5, 5.41) is 19.5. The van der Waals surface area contributed by atoms with Crippen molar-refractivity contribution in [1.82, 2.24) is 5.32 Å². The van der Waals surface area contributed by atoms with Crippen molar-refractivity contribution in [2.45, 2.75) is 3.79 Å². The summed E-state index contributed by atoms with van der Waals surface area (Å²) in [5.41, 5.74) is 0. The van der Waals surface area contributed by atoms with Crippen LogP contribution in [0.4, 0.5) is 0 Å². The van der Waals surface area contributed by atoms with Crippen molar-refractivity contribution < 1.29 is 9.59 Å². The van der Waals surface area contributed by atoms with Crippen LogP contribution in [0.2, 0.25) is 0 Å². The summed E-state index contributed by atoms with van der Waals surface area (Å²) in [6, 6.07) is 3.25. The Balaban J connectivity index is 3.23. The molecule has 0 aliphatic carbocycles. The lowest BCUT2D eigenvalue weighted by Gasteiger charge is -2.33. The molecule has 0 spiro atoms. The second-order valence-electron chi connectivity index (χ2n) is 3.13. The van der Waals surface area contributed by atoms with E-state index < -0.39 is 33.4 Å². The summed E-state index contributed by atoms with van der Waals surface area (Å²) in [5.74, 6) is -5.65. The van der Waals surface area contributed by atoms with Crippen molar-refractivity contribution in [3.05, 3.63) is 0 Å².